The van der Waals surface area contributed by atoms with Crippen LogP contribution in [0.1, 0.15) is 11.6 Å². The molecule has 3 nitrogen and oxygen atoms in total. The Balaban J connectivity index is 2.85. The summed E-state index contributed by atoms with van der Waals surface area (Å²) in [5.74, 6) is 1.98. The highest BCUT2D eigenvalue weighted by molar-refractivity contribution is 5.72. The fourth-order valence-corrected chi connectivity index (χ4v) is 1.02. The van der Waals surface area contributed by atoms with Crippen LogP contribution in [0.4, 0.5) is 9.18 Å². The molecule has 0 radical (unpaired) electrons. The lowest BCUT2D eigenvalue weighted by Gasteiger charge is -2.10. The van der Waals surface area contributed by atoms with Crippen LogP contribution in [0.5, 0.6) is 0 Å². The van der Waals surface area contributed by atoms with Crippen LogP contribution in [0.15, 0.2) is 24.3 Å². The van der Waals surface area contributed by atoms with Crippen molar-refractivity contribution in [2.45, 2.75) is 6.04 Å². The van der Waals surface area contributed by atoms with Crippen LogP contribution in [-0.4, -0.2) is 6.03 Å². The van der Waals surface area contributed by atoms with Crippen LogP contribution in [0.25, 0.3) is 0 Å². The summed E-state index contributed by atoms with van der Waals surface area (Å²) in [7, 11) is 0. The second-order valence-electron chi connectivity index (χ2n) is 2.66. The molecule has 4 heteroatoms. The monoisotopic (exact) mass is 192 g/mol. The Hall–Kier alpha value is -2.02. The van der Waals surface area contributed by atoms with Crippen molar-refractivity contribution >= 4 is 6.03 Å². The molecule has 0 fully saturated rings. The summed E-state index contributed by atoms with van der Waals surface area (Å²) >= 11 is 0. The normalized spacial score (nSPS) is 11.4. The molecule has 3 N–H and O–H groups in total. The van der Waals surface area contributed by atoms with E-state index in [1.165, 1.54) is 24.3 Å². The quantitative estimate of drug-likeness (QED) is 0.679. The number of hydrogen-bond acceptors (Lipinski definition) is 1. The SMILES string of the molecule is C#C[C@@H](NC(N)=O)c1ccc(F)cc1. The average molecular weight is 192 g/mol. The van der Waals surface area contributed by atoms with E-state index in [1.807, 2.05) is 0 Å². The third kappa shape index (κ3) is 2.49. The fraction of sp³-hybridized carbons (Fsp3) is 0.100. The highest BCUT2D eigenvalue weighted by Gasteiger charge is 2.08. The molecular formula is C10H9FN2O. The molecule has 0 saturated heterocycles. The minimum absolute atomic E-state index is 0.358. The van der Waals surface area contributed by atoms with Crippen LogP contribution < -0.4 is 11.1 Å². The van der Waals surface area contributed by atoms with Gasteiger partial charge in [0.15, 0.2) is 0 Å². The first-order chi connectivity index (χ1) is 6.63. The van der Waals surface area contributed by atoms with Gasteiger partial charge in [-0.05, 0) is 17.7 Å². The second-order valence-corrected chi connectivity index (χ2v) is 2.66. The first kappa shape index (κ1) is 10.1. The van der Waals surface area contributed by atoms with Crippen molar-refractivity contribution in [3.05, 3.63) is 35.6 Å². The number of nitrogens with one attached hydrogen (secondary N) is 1. The van der Waals surface area contributed by atoms with Gasteiger partial charge in [-0.25, -0.2) is 9.18 Å². The number of primary amides is 1. The molecule has 0 spiro atoms. The number of hydrogen-bond donors (Lipinski definition) is 2. The molecule has 0 aromatic heterocycles. The number of nitrogens with two attached hydrogens (primary N) is 1. The van der Waals surface area contributed by atoms with Gasteiger partial charge in [0, 0.05) is 0 Å². The van der Waals surface area contributed by atoms with E-state index in [4.69, 9.17) is 12.2 Å². The van der Waals surface area contributed by atoms with E-state index in [0.717, 1.165) is 0 Å². The number of carbonyl (C=O) groups is 1. The Labute approximate surface area is 81.1 Å². The van der Waals surface area contributed by atoms with E-state index >= 15 is 0 Å². The molecule has 14 heavy (non-hydrogen) atoms. The fourth-order valence-electron chi connectivity index (χ4n) is 1.02. The van der Waals surface area contributed by atoms with Gasteiger partial charge in [0.1, 0.15) is 11.9 Å². The maximum Gasteiger partial charge on any atom is 0.313 e. The standard InChI is InChI=1S/C10H9FN2O/c1-2-9(13-10(12)14)7-3-5-8(11)6-4-7/h1,3-6,9H,(H3,12,13,14)/t9-/m1/s1. The molecule has 2 amide bonds. The predicted molar refractivity (Wildman–Crippen MR) is 50.7 cm³/mol. The Bertz CT molecular complexity index is 367. The van der Waals surface area contributed by atoms with Gasteiger partial charge >= 0.3 is 6.03 Å². The van der Waals surface area contributed by atoms with Crippen LogP contribution in [0, 0.1) is 18.2 Å². The number of rotatable bonds is 2. The number of urea groups is 1. The lowest BCUT2D eigenvalue weighted by molar-refractivity contribution is 0.247. The third-order valence-corrected chi connectivity index (χ3v) is 1.66. The molecule has 1 rings (SSSR count). The van der Waals surface area contributed by atoms with Crippen molar-refractivity contribution in [2.24, 2.45) is 5.73 Å². The van der Waals surface area contributed by atoms with Gasteiger partial charge in [0.2, 0.25) is 0 Å². The Kier molecular flexibility index (Phi) is 3.08. The molecular weight excluding hydrogens is 183 g/mol. The van der Waals surface area contributed by atoms with Crippen molar-refractivity contribution < 1.29 is 9.18 Å². The van der Waals surface area contributed by atoms with Gasteiger partial charge in [-0.15, -0.1) is 6.42 Å². The van der Waals surface area contributed by atoms with E-state index in [2.05, 4.69) is 11.2 Å². The highest BCUT2D eigenvalue weighted by atomic mass is 19.1. The van der Waals surface area contributed by atoms with E-state index in [-0.39, 0.29) is 5.82 Å². The van der Waals surface area contributed by atoms with E-state index in [0.29, 0.717) is 5.56 Å². The maximum absolute atomic E-state index is 12.6. The molecule has 0 bridgehead atoms. The average Bonchev–Trinajstić information content (AvgIpc) is 2.15. The number of halogens is 1. The molecule has 72 valence electrons. The molecule has 0 unspecified atom stereocenters. The molecule has 1 aromatic rings. The number of terminal acetylenes is 1. The van der Waals surface area contributed by atoms with Gasteiger partial charge in [0.25, 0.3) is 0 Å². The first-order valence-electron chi connectivity index (χ1n) is 3.91. The van der Waals surface area contributed by atoms with E-state index in [1.54, 1.807) is 0 Å². The molecule has 0 aliphatic heterocycles. The zero-order valence-electron chi connectivity index (χ0n) is 7.33. The van der Waals surface area contributed by atoms with Crippen molar-refractivity contribution in [2.75, 3.05) is 0 Å². The highest BCUT2D eigenvalue weighted by Crippen LogP contribution is 2.12. The van der Waals surface area contributed by atoms with Gasteiger partial charge in [-0.2, -0.15) is 0 Å². The zero-order valence-corrected chi connectivity index (χ0v) is 7.33. The van der Waals surface area contributed by atoms with Crippen LogP contribution in [0.2, 0.25) is 0 Å². The van der Waals surface area contributed by atoms with Crippen molar-refractivity contribution in [3.8, 4) is 12.3 Å². The summed E-state index contributed by atoms with van der Waals surface area (Å²) < 4.78 is 12.6. The number of benzene rings is 1. The van der Waals surface area contributed by atoms with E-state index < -0.39 is 12.1 Å². The molecule has 1 atom stereocenters. The predicted octanol–water partition coefficient (Wildman–Crippen LogP) is 1.17. The molecule has 0 heterocycles. The lowest BCUT2D eigenvalue weighted by atomic mass is 10.1. The Morgan fingerprint density at radius 2 is 2.07 bits per heavy atom. The molecule has 0 aliphatic rings. The second kappa shape index (κ2) is 4.28. The van der Waals surface area contributed by atoms with E-state index in [9.17, 15) is 9.18 Å². The molecule has 1 aromatic carbocycles. The molecule has 0 aliphatic carbocycles. The summed E-state index contributed by atoms with van der Waals surface area (Å²) in [5, 5.41) is 2.35. The Morgan fingerprint density at radius 3 is 2.50 bits per heavy atom. The first-order valence-corrected chi connectivity index (χ1v) is 3.91. The van der Waals surface area contributed by atoms with Gasteiger partial charge in [-0.3, -0.25) is 0 Å². The summed E-state index contributed by atoms with van der Waals surface area (Å²) in [4.78, 5) is 10.6. The van der Waals surface area contributed by atoms with Crippen LogP contribution >= 0.6 is 0 Å². The molecule has 0 saturated carbocycles. The van der Waals surface area contributed by atoms with Gasteiger partial charge in [0.05, 0.1) is 0 Å². The summed E-state index contributed by atoms with van der Waals surface area (Å²) in [6.45, 7) is 0. The third-order valence-electron chi connectivity index (χ3n) is 1.66. The minimum atomic E-state index is -0.711. The van der Waals surface area contributed by atoms with Gasteiger partial charge in [-0.1, -0.05) is 18.1 Å². The van der Waals surface area contributed by atoms with Crippen molar-refractivity contribution in [1.29, 1.82) is 0 Å². The summed E-state index contributed by atoms with van der Waals surface area (Å²) in [6.07, 6.45) is 5.18. The number of carbonyl (C=O) groups excluding carboxylic acids is 1. The maximum atomic E-state index is 12.6. The number of amides is 2. The lowest BCUT2D eigenvalue weighted by Crippen LogP contribution is -2.32. The Morgan fingerprint density at radius 1 is 1.50 bits per heavy atom. The summed E-state index contributed by atoms with van der Waals surface area (Å²) in [6, 6.07) is 4.20. The van der Waals surface area contributed by atoms with Crippen molar-refractivity contribution in [3.63, 3.8) is 0 Å². The topological polar surface area (TPSA) is 55.1 Å². The smallest absolute Gasteiger partial charge is 0.313 e. The largest absolute Gasteiger partial charge is 0.352 e. The summed E-state index contributed by atoms with van der Waals surface area (Å²) in [5.41, 5.74) is 5.53. The van der Waals surface area contributed by atoms with Crippen molar-refractivity contribution in [1.82, 2.24) is 5.32 Å². The minimum Gasteiger partial charge on any atom is -0.352 e. The van der Waals surface area contributed by atoms with Gasteiger partial charge < -0.3 is 11.1 Å². The van der Waals surface area contributed by atoms with Crippen LogP contribution in [-0.2, 0) is 0 Å². The zero-order chi connectivity index (χ0) is 10.6. The van der Waals surface area contributed by atoms with Crippen LogP contribution in [0.3, 0.4) is 0 Å².